The Hall–Kier alpha value is -1.99. The molecule has 0 aromatic carbocycles. The third-order valence-electron chi connectivity index (χ3n) is 4.13. The van der Waals surface area contributed by atoms with Gasteiger partial charge in [-0.3, -0.25) is 20.2 Å². The number of carbonyl (C=O) groups is 3. The fraction of sp³-hybridized carbons (Fsp3) is 0.842. The molecular weight excluding hydrogens is 412 g/mol. The Morgan fingerprint density at radius 3 is 2.00 bits per heavy atom. The van der Waals surface area contributed by atoms with Crippen molar-refractivity contribution >= 4 is 18.0 Å². The zero-order chi connectivity index (χ0) is 24.4. The van der Waals surface area contributed by atoms with Gasteiger partial charge in [0.2, 0.25) is 5.91 Å². The Morgan fingerprint density at radius 2 is 1.58 bits per heavy atom. The van der Waals surface area contributed by atoms with Gasteiger partial charge < -0.3 is 36.2 Å². The van der Waals surface area contributed by atoms with Crippen molar-refractivity contribution in [2.24, 2.45) is 11.7 Å². The number of alkyl carbamates (subject to hydrolysis) is 1. The molecule has 5 atom stereocenters. The second-order valence-electron chi connectivity index (χ2n) is 8.79. The highest BCUT2D eigenvalue weighted by molar-refractivity contribution is 5.74. The van der Waals surface area contributed by atoms with E-state index in [1.165, 1.54) is 0 Å². The van der Waals surface area contributed by atoms with E-state index in [-0.39, 0.29) is 18.8 Å². The monoisotopic (exact) mass is 450 g/mol. The van der Waals surface area contributed by atoms with Crippen LogP contribution in [0.25, 0.3) is 0 Å². The van der Waals surface area contributed by atoms with Crippen molar-refractivity contribution < 1.29 is 39.5 Å². The molecule has 12 heteroatoms. The number of carboxylic acids is 1. The summed E-state index contributed by atoms with van der Waals surface area (Å²) in [5.74, 6) is -1.97. The zero-order valence-electron chi connectivity index (χ0n) is 18.8. The molecular formula is C19H38N4O8. The molecule has 0 aliphatic carbocycles. The second-order valence-corrected chi connectivity index (χ2v) is 8.79. The Morgan fingerprint density at radius 1 is 1.03 bits per heavy atom. The highest BCUT2D eigenvalue weighted by Gasteiger charge is 2.31. The molecule has 0 radical (unpaired) electrons. The van der Waals surface area contributed by atoms with Crippen LogP contribution in [0.1, 0.15) is 53.9 Å². The third kappa shape index (κ3) is 13.1. The minimum Gasteiger partial charge on any atom is -0.480 e. The minimum atomic E-state index is -1.55. The summed E-state index contributed by atoms with van der Waals surface area (Å²) in [6, 6.07) is -3.30. The highest BCUT2D eigenvalue weighted by atomic mass is 16.6. The number of rotatable bonds is 14. The highest BCUT2D eigenvalue weighted by Crippen LogP contribution is 2.13. The van der Waals surface area contributed by atoms with Crippen molar-refractivity contribution in [2.45, 2.75) is 90.1 Å². The molecule has 0 heterocycles. The van der Waals surface area contributed by atoms with Gasteiger partial charge in [0.15, 0.2) is 0 Å². The van der Waals surface area contributed by atoms with Gasteiger partial charge in [-0.2, -0.15) is 0 Å². The number of hydrogen-bond donors (Lipinski definition) is 8. The van der Waals surface area contributed by atoms with E-state index >= 15 is 0 Å². The number of hydrogen-bond acceptors (Lipinski definition) is 9. The zero-order valence-corrected chi connectivity index (χ0v) is 18.8. The number of nitrogens with one attached hydrogen (secondary N) is 3. The van der Waals surface area contributed by atoms with Gasteiger partial charge in [-0.05, 0) is 39.5 Å². The van der Waals surface area contributed by atoms with E-state index < -0.39 is 60.8 Å². The summed E-state index contributed by atoms with van der Waals surface area (Å²) in [6.07, 6.45) is -3.51. The lowest BCUT2D eigenvalue weighted by molar-refractivity contribution is -0.142. The van der Waals surface area contributed by atoms with Gasteiger partial charge in [-0.15, -0.1) is 0 Å². The lowest BCUT2D eigenvalue weighted by Gasteiger charge is -2.33. The first-order valence-corrected chi connectivity index (χ1v) is 10.2. The summed E-state index contributed by atoms with van der Waals surface area (Å²) in [5.41, 5.74) is 4.41. The molecule has 0 fully saturated rings. The summed E-state index contributed by atoms with van der Waals surface area (Å²) in [5, 5.41) is 46.9. The van der Waals surface area contributed by atoms with Crippen molar-refractivity contribution in [3.63, 3.8) is 0 Å². The average Bonchev–Trinajstić information content (AvgIpc) is 2.59. The van der Waals surface area contributed by atoms with E-state index in [0.29, 0.717) is 6.42 Å². The number of amides is 2. The van der Waals surface area contributed by atoms with Crippen LogP contribution in [0.3, 0.4) is 0 Å². The van der Waals surface area contributed by atoms with Crippen LogP contribution in [-0.4, -0.2) is 81.2 Å². The average molecular weight is 451 g/mol. The molecule has 2 unspecified atom stereocenters. The number of carboxylic acid groups (broad SMARTS) is 1. The molecule has 182 valence electrons. The van der Waals surface area contributed by atoms with Crippen molar-refractivity contribution in [3.05, 3.63) is 0 Å². The van der Waals surface area contributed by atoms with E-state index in [9.17, 15) is 24.6 Å². The lowest BCUT2D eigenvalue weighted by atomic mass is 10.0. The van der Waals surface area contributed by atoms with Crippen molar-refractivity contribution in [3.8, 4) is 0 Å². The standard InChI is InChI=1S/C19H38N4O8/c1-10(2)8-12(23-18(30)31-19(3,4)5)16(27)21-11(6-7-14(20)25)15(26)22-13(9-24)17(28)29/h10-13,15-16,21-22,24,26-27H,6-9H2,1-5H3,(H2,20,25)(H,23,30)(H,28,29)/t11-,12+,13+,15?,16?/m1/s1. The molecule has 0 aliphatic rings. The van der Waals surface area contributed by atoms with Crippen LogP contribution >= 0.6 is 0 Å². The van der Waals surface area contributed by atoms with E-state index in [1.54, 1.807) is 20.8 Å². The Labute approximate surface area is 182 Å². The van der Waals surface area contributed by atoms with Crippen molar-refractivity contribution in [1.82, 2.24) is 16.0 Å². The number of aliphatic hydroxyl groups is 3. The van der Waals surface area contributed by atoms with Crippen molar-refractivity contribution in [1.29, 1.82) is 0 Å². The van der Waals surface area contributed by atoms with Crippen LogP contribution in [0, 0.1) is 5.92 Å². The number of primary amides is 1. The molecule has 0 aromatic heterocycles. The maximum absolute atomic E-state index is 12.2. The Balaban J connectivity index is 5.39. The van der Waals surface area contributed by atoms with Crippen LogP contribution < -0.4 is 21.7 Å². The molecule has 2 amide bonds. The molecule has 12 nitrogen and oxygen atoms in total. The quantitative estimate of drug-likeness (QED) is 0.149. The van der Waals surface area contributed by atoms with Crippen molar-refractivity contribution in [2.75, 3.05) is 6.61 Å². The smallest absolute Gasteiger partial charge is 0.408 e. The number of ether oxygens (including phenoxy) is 1. The SMILES string of the molecule is CC(C)C[C@H](NC(=O)OC(C)(C)C)C(O)N[C@H](CCC(N)=O)C(O)N[C@@H](CO)C(=O)O. The normalized spacial score (nSPS) is 16.8. The number of nitrogens with two attached hydrogens (primary N) is 1. The summed E-state index contributed by atoms with van der Waals surface area (Å²) in [6.45, 7) is 8.07. The maximum Gasteiger partial charge on any atom is 0.408 e. The van der Waals surface area contributed by atoms with Gasteiger partial charge >= 0.3 is 12.1 Å². The van der Waals surface area contributed by atoms with E-state index in [2.05, 4.69) is 16.0 Å². The summed E-state index contributed by atoms with van der Waals surface area (Å²) in [4.78, 5) is 34.4. The topological polar surface area (TPSA) is 203 Å². The predicted octanol–water partition coefficient (Wildman–Crippen LogP) is -1.18. The number of aliphatic hydroxyl groups excluding tert-OH is 3. The maximum atomic E-state index is 12.2. The predicted molar refractivity (Wildman–Crippen MR) is 112 cm³/mol. The molecule has 0 rings (SSSR count). The van der Waals surface area contributed by atoms with Crippen LogP contribution in [-0.2, 0) is 14.3 Å². The van der Waals surface area contributed by atoms with E-state index in [0.717, 1.165) is 0 Å². The van der Waals surface area contributed by atoms with E-state index in [4.69, 9.17) is 20.7 Å². The largest absolute Gasteiger partial charge is 0.480 e. The minimum absolute atomic E-state index is 0.0425. The molecule has 0 bridgehead atoms. The molecule has 31 heavy (non-hydrogen) atoms. The summed E-state index contributed by atoms with van der Waals surface area (Å²) >= 11 is 0. The first-order valence-electron chi connectivity index (χ1n) is 10.2. The van der Waals surface area contributed by atoms with Crippen LogP contribution in [0.5, 0.6) is 0 Å². The van der Waals surface area contributed by atoms with Crippen LogP contribution in [0.2, 0.25) is 0 Å². The van der Waals surface area contributed by atoms with Gasteiger partial charge in [0.1, 0.15) is 24.1 Å². The fourth-order valence-electron chi connectivity index (χ4n) is 2.72. The first kappa shape index (κ1) is 29.0. The number of carbonyl (C=O) groups excluding carboxylic acids is 2. The molecule has 0 saturated carbocycles. The van der Waals surface area contributed by atoms with Gasteiger partial charge in [0, 0.05) is 12.5 Å². The Bertz CT molecular complexity index is 582. The fourth-order valence-corrected chi connectivity index (χ4v) is 2.72. The Kier molecular flexibility index (Phi) is 12.6. The van der Waals surface area contributed by atoms with Gasteiger partial charge in [0.25, 0.3) is 0 Å². The van der Waals surface area contributed by atoms with Gasteiger partial charge in [-0.25, -0.2) is 4.79 Å². The van der Waals surface area contributed by atoms with Crippen LogP contribution in [0.4, 0.5) is 4.79 Å². The summed E-state index contributed by atoms with van der Waals surface area (Å²) in [7, 11) is 0. The third-order valence-corrected chi connectivity index (χ3v) is 4.13. The van der Waals surface area contributed by atoms with Crippen LogP contribution in [0.15, 0.2) is 0 Å². The number of aliphatic carboxylic acids is 1. The van der Waals surface area contributed by atoms with Gasteiger partial charge in [-0.1, -0.05) is 13.8 Å². The lowest BCUT2D eigenvalue weighted by Crippen LogP contribution is -2.60. The van der Waals surface area contributed by atoms with Gasteiger partial charge in [0.05, 0.1) is 12.6 Å². The molecule has 0 aromatic rings. The molecule has 0 aliphatic heterocycles. The first-order chi connectivity index (χ1) is 14.2. The summed E-state index contributed by atoms with van der Waals surface area (Å²) < 4.78 is 5.22. The molecule has 0 spiro atoms. The molecule has 0 saturated heterocycles. The van der Waals surface area contributed by atoms with E-state index in [1.807, 2.05) is 13.8 Å². The second kappa shape index (κ2) is 13.4. The molecule has 9 N–H and O–H groups in total.